The van der Waals surface area contributed by atoms with Crippen molar-refractivity contribution in [1.82, 2.24) is 19.8 Å². The van der Waals surface area contributed by atoms with Crippen molar-refractivity contribution in [2.24, 2.45) is 0 Å². The second-order valence-electron chi connectivity index (χ2n) is 8.05. The van der Waals surface area contributed by atoms with Crippen LogP contribution in [0.3, 0.4) is 0 Å². The fourth-order valence-electron chi connectivity index (χ4n) is 3.97. The first kappa shape index (κ1) is 22.8. The Morgan fingerprint density at radius 3 is 2.31 bits per heavy atom. The van der Waals surface area contributed by atoms with Crippen molar-refractivity contribution in [1.29, 1.82) is 0 Å². The summed E-state index contributed by atoms with van der Waals surface area (Å²) in [5.41, 5.74) is 2.38. The molecule has 2 amide bonds. The van der Waals surface area contributed by atoms with Gasteiger partial charge in [0.2, 0.25) is 0 Å². The lowest BCUT2D eigenvalue weighted by atomic mass is 10.1. The van der Waals surface area contributed by atoms with Crippen LogP contribution in [0, 0.1) is 5.82 Å². The van der Waals surface area contributed by atoms with Crippen molar-refractivity contribution < 1.29 is 14.0 Å². The number of hydrogen-bond acceptors (Lipinski definition) is 6. The average molecular weight is 488 g/mol. The van der Waals surface area contributed by atoms with Gasteiger partial charge in [0, 0.05) is 55.2 Å². The molecule has 0 aliphatic carbocycles. The summed E-state index contributed by atoms with van der Waals surface area (Å²) in [4.78, 5) is 38.0. The summed E-state index contributed by atoms with van der Waals surface area (Å²) < 4.78 is 17.2. The highest BCUT2D eigenvalue weighted by Crippen LogP contribution is 2.27. The molecule has 9 heteroatoms. The Hall–Kier alpha value is -3.98. The standard InChI is InChI=1S/C26H22FN5O2S/c27-22-17-28-12-10-21(22)26(34)32-15-13-31(14-16-32)25(33)19-6-8-20(9-7-19)30-35-23-5-1-3-18-4-2-11-29-24(18)23/h1-12,17,30H,13-16H2. The second-order valence-corrected chi connectivity index (χ2v) is 8.90. The second kappa shape index (κ2) is 10.1. The molecule has 5 rings (SSSR count). The first-order valence-corrected chi connectivity index (χ1v) is 12.0. The molecule has 0 saturated carbocycles. The minimum absolute atomic E-state index is 0.0000154. The zero-order valence-electron chi connectivity index (χ0n) is 18.7. The summed E-state index contributed by atoms with van der Waals surface area (Å²) in [5, 5.41) is 1.08. The fraction of sp³-hybridized carbons (Fsp3) is 0.154. The first-order chi connectivity index (χ1) is 17.1. The summed E-state index contributed by atoms with van der Waals surface area (Å²) in [5.74, 6) is -1.12. The molecule has 4 aromatic rings. The Kier molecular flexibility index (Phi) is 6.58. The van der Waals surface area contributed by atoms with E-state index in [0.29, 0.717) is 31.7 Å². The molecule has 2 aromatic heterocycles. The van der Waals surface area contributed by atoms with Gasteiger partial charge >= 0.3 is 0 Å². The van der Waals surface area contributed by atoms with Crippen LogP contribution in [0.1, 0.15) is 20.7 Å². The number of halogens is 1. The summed E-state index contributed by atoms with van der Waals surface area (Å²) in [6, 6.07) is 18.7. The molecule has 1 N–H and O–H groups in total. The van der Waals surface area contributed by atoms with E-state index in [9.17, 15) is 14.0 Å². The van der Waals surface area contributed by atoms with Crippen LogP contribution in [0.4, 0.5) is 10.1 Å². The molecule has 35 heavy (non-hydrogen) atoms. The third kappa shape index (κ3) is 4.95. The van der Waals surface area contributed by atoms with Crippen molar-refractivity contribution in [2.45, 2.75) is 4.90 Å². The maximum atomic E-state index is 13.9. The number of fused-ring (bicyclic) bond motifs is 1. The van der Waals surface area contributed by atoms with Gasteiger partial charge in [0.15, 0.2) is 5.82 Å². The Bertz CT molecular complexity index is 1370. The summed E-state index contributed by atoms with van der Waals surface area (Å²) in [6.45, 7) is 1.48. The van der Waals surface area contributed by atoms with Gasteiger partial charge in [-0.15, -0.1) is 0 Å². The number of benzene rings is 2. The Labute approximate surface area is 206 Å². The maximum absolute atomic E-state index is 13.9. The molecule has 0 atom stereocenters. The van der Waals surface area contributed by atoms with E-state index in [4.69, 9.17) is 0 Å². The van der Waals surface area contributed by atoms with Crippen LogP contribution in [0.15, 0.2) is 84.1 Å². The zero-order chi connectivity index (χ0) is 24.2. The molecule has 0 bridgehead atoms. The summed E-state index contributed by atoms with van der Waals surface area (Å²) in [7, 11) is 0. The molecule has 1 aliphatic rings. The zero-order valence-corrected chi connectivity index (χ0v) is 19.5. The number of rotatable bonds is 5. The van der Waals surface area contributed by atoms with E-state index in [-0.39, 0.29) is 17.4 Å². The van der Waals surface area contributed by atoms with Gasteiger partial charge in [-0.3, -0.25) is 19.6 Å². The van der Waals surface area contributed by atoms with Gasteiger partial charge in [0.05, 0.1) is 22.2 Å². The van der Waals surface area contributed by atoms with Gasteiger partial charge in [-0.05, 0) is 54.4 Å². The Morgan fingerprint density at radius 1 is 0.857 bits per heavy atom. The summed E-state index contributed by atoms with van der Waals surface area (Å²) >= 11 is 1.47. The lowest BCUT2D eigenvalue weighted by Gasteiger charge is -2.35. The van der Waals surface area contributed by atoms with Crippen LogP contribution < -0.4 is 4.72 Å². The fourth-order valence-corrected chi connectivity index (χ4v) is 4.75. The van der Waals surface area contributed by atoms with E-state index in [1.807, 2.05) is 42.5 Å². The molecule has 0 radical (unpaired) electrons. The van der Waals surface area contributed by atoms with Crippen LogP contribution in [-0.2, 0) is 0 Å². The number of piperazine rings is 1. The molecule has 2 aromatic carbocycles. The SMILES string of the molecule is O=C(c1ccc(NSc2cccc3cccnc23)cc1)N1CCN(C(=O)c2ccncc2F)CC1. The maximum Gasteiger partial charge on any atom is 0.257 e. The van der Waals surface area contributed by atoms with Crippen LogP contribution in [-0.4, -0.2) is 57.8 Å². The van der Waals surface area contributed by atoms with Crippen LogP contribution in [0.5, 0.6) is 0 Å². The molecule has 3 heterocycles. The Morgan fingerprint density at radius 2 is 1.57 bits per heavy atom. The summed E-state index contributed by atoms with van der Waals surface area (Å²) in [6.07, 6.45) is 4.20. The van der Waals surface area contributed by atoms with Crippen molar-refractivity contribution in [3.05, 3.63) is 96.2 Å². The molecule has 1 fully saturated rings. The predicted molar refractivity (Wildman–Crippen MR) is 134 cm³/mol. The lowest BCUT2D eigenvalue weighted by molar-refractivity contribution is 0.0532. The number of carbonyl (C=O) groups is 2. The van der Waals surface area contributed by atoms with Gasteiger partial charge in [0.1, 0.15) is 0 Å². The molecular weight excluding hydrogens is 465 g/mol. The molecule has 0 unspecified atom stereocenters. The number of nitrogens with zero attached hydrogens (tertiary/aromatic N) is 4. The van der Waals surface area contributed by atoms with Gasteiger partial charge in [-0.1, -0.05) is 18.2 Å². The van der Waals surface area contributed by atoms with Gasteiger partial charge in [0.25, 0.3) is 11.8 Å². The van der Waals surface area contributed by atoms with Crippen molar-refractivity contribution in [2.75, 3.05) is 30.9 Å². The molecule has 0 spiro atoms. The minimum Gasteiger partial charge on any atom is -0.335 e. The van der Waals surface area contributed by atoms with E-state index in [1.165, 1.54) is 24.2 Å². The number of hydrogen-bond donors (Lipinski definition) is 1. The predicted octanol–water partition coefficient (Wildman–Crippen LogP) is 4.49. The Balaban J connectivity index is 1.17. The number of amides is 2. The normalized spacial score (nSPS) is 13.6. The van der Waals surface area contributed by atoms with Crippen LogP contribution in [0.25, 0.3) is 10.9 Å². The molecule has 176 valence electrons. The molecule has 1 saturated heterocycles. The number of para-hydroxylation sites is 1. The average Bonchev–Trinajstić information content (AvgIpc) is 2.92. The van der Waals surface area contributed by atoms with E-state index >= 15 is 0 Å². The van der Waals surface area contributed by atoms with Crippen molar-refractivity contribution in [3.8, 4) is 0 Å². The highest BCUT2D eigenvalue weighted by Gasteiger charge is 2.26. The highest BCUT2D eigenvalue weighted by atomic mass is 32.2. The number of aromatic nitrogens is 2. The monoisotopic (exact) mass is 487 g/mol. The van der Waals surface area contributed by atoms with Gasteiger partial charge in [-0.25, -0.2) is 4.39 Å². The quantitative estimate of drug-likeness (QED) is 0.418. The van der Waals surface area contributed by atoms with Crippen molar-refractivity contribution >= 4 is 40.4 Å². The number of nitrogens with one attached hydrogen (secondary N) is 1. The highest BCUT2D eigenvalue weighted by molar-refractivity contribution is 8.00. The smallest absolute Gasteiger partial charge is 0.257 e. The molecule has 7 nitrogen and oxygen atoms in total. The van der Waals surface area contributed by atoms with Crippen molar-refractivity contribution in [3.63, 3.8) is 0 Å². The number of anilines is 1. The lowest BCUT2D eigenvalue weighted by Crippen LogP contribution is -2.50. The van der Waals surface area contributed by atoms with Crippen LogP contribution in [0.2, 0.25) is 0 Å². The molecule has 1 aliphatic heterocycles. The first-order valence-electron chi connectivity index (χ1n) is 11.1. The van der Waals surface area contributed by atoms with E-state index in [0.717, 1.165) is 27.7 Å². The number of carbonyl (C=O) groups excluding carboxylic acids is 2. The molecular formula is C26H22FN5O2S. The van der Waals surface area contributed by atoms with E-state index in [2.05, 4.69) is 14.7 Å². The minimum atomic E-state index is -0.639. The largest absolute Gasteiger partial charge is 0.335 e. The number of pyridine rings is 2. The topological polar surface area (TPSA) is 78.4 Å². The van der Waals surface area contributed by atoms with Crippen LogP contribution >= 0.6 is 11.9 Å². The third-order valence-electron chi connectivity index (χ3n) is 5.86. The third-order valence-corrected chi connectivity index (χ3v) is 6.75. The van der Waals surface area contributed by atoms with Gasteiger partial charge < -0.3 is 14.5 Å². The van der Waals surface area contributed by atoms with Gasteiger partial charge in [-0.2, -0.15) is 0 Å². The van der Waals surface area contributed by atoms with E-state index in [1.54, 1.807) is 28.1 Å². The van der Waals surface area contributed by atoms with E-state index < -0.39 is 5.82 Å².